The second kappa shape index (κ2) is 4.81. The summed E-state index contributed by atoms with van der Waals surface area (Å²) in [6.45, 7) is 5.95. The highest BCUT2D eigenvalue weighted by atomic mass is 16.6. The molecule has 2 heteroatoms. The van der Waals surface area contributed by atoms with Crippen molar-refractivity contribution < 1.29 is 9.53 Å². The molecule has 0 aliphatic heterocycles. The molecule has 0 N–H and O–H groups in total. The van der Waals surface area contributed by atoms with Gasteiger partial charge in [-0.25, -0.2) is 0 Å². The van der Waals surface area contributed by atoms with Gasteiger partial charge in [-0.05, 0) is 32.6 Å². The van der Waals surface area contributed by atoms with Gasteiger partial charge in [-0.2, -0.15) is 0 Å². The zero-order chi connectivity index (χ0) is 10.6. The van der Waals surface area contributed by atoms with Crippen LogP contribution in [0.1, 0.15) is 59.3 Å². The maximum absolute atomic E-state index is 11.2. The summed E-state index contributed by atoms with van der Waals surface area (Å²) in [5, 5.41) is 0. The van der Waals surface area contributed by atoms with Crippen LogP contribution in [0.15, 0.2) is 0 Å². The smallest absolute Gasteiger partial charge is 0.306 e. The van der Waals surface area contributed by atoms with E-state index in [0.717, 1.165) is 0 Å². The van der Waals surface area contributed by atoms with E-state index in [0.29, 0.717) is 12.3 Å². The van der Waals surface area contributed by atoms with Crippen molar-refractivity contribution in [2.45, 2.75) is 64.9 Å². The lowest BCUT2D eigenvalue weighted by Gasteiger charge is -2.36. The third-order valence-corrected chi connectivity index (χ3v) is 3.25. The molecule has 82 valence electrons. The van der Waals surface area contributed by atoms with E-state index >= 15 is 0 Å². The van der Waals surface area contributed by atoms with Crippen molar-refractivity contribution in [2.24, 2.45) is 5.92 Å². The normalized spacial score (nSPS) is 19.4. The highest BCUT2D eigenvalue weighted by Gasteiger charge is 2.33. The first kappa shape index (κ1) is 11.5. The second-order valence-electron chi connectivity index (χ2n) is 4.77. The van der Waals surface area contributed by atoms with E-state index in [9.17, 15) is 4.79 Å². The van der Waals surface area contributed by atoms with E-state index in [-0.39, 0.29) is 11.6 Å². The minimum absolute atomic E-state index is 0.0689. The van der Waals surface area contributed by atoms with Gasteiger partial charge in [-0.1, -0.05) is 26.2 Å². The van der Waals surface area contributed by atoms with Crippen LogP contribution in [-0.4, -0.2) is 11.6 Å². The average molecular weight is 198 g/mol. The predicted octanol–water partition coefficient (Wildman–Crippen LogP) is 3.30. The van der Waals surface area contributed by atoms with Crippen LogP contribution in [0.25, 0.3) is 0 Å². The summed E-state index contributed by atoms with van der Waals surface area (Å²) in [6, 6.07) is 0. The number of carbonyl (C=O) groups excluding carboxylic acids is 1. The molecule has 0 atom stereocenters. The largest absolute Gasteiger partial charge is 0.459 e. The minimum atomic E-state index is -0.256. The van der Waals surface area contributed by atoms with Crippen molar-refractivity contribution in [3.8, 4) is 0 Å². The van der Waals surface area contributed by atoms with E-state index in [4.69, 9.17) is 4.74 Å². The van der Waals surface area contributed by atoms with Gasteiger partial charge in [0.2, 0.25) is 0 Å². The molecule has 0 aromatic heterocycles. The van der Waals surface area contributed by atoms with Gasteiger partial charge in [0, 0.05) is 6.42 Å². The maximum atomic E-state index is 11.2. The molecule has 0 heterocycles. The number of hydrogen-bond donors (Lipinski definition) is 0. The molecular weight excluding hydrogens is 176 g/mol. The van der Waals surface area contributed by atoms with Crippen LogP contribution >= 0.6 is 0 Å². The monoisotopic (exact) mass is 198 g/mol. The Morgan fingerprint density at radius 3 is 2.36 bits per heavy atom. The molecule has 0 unspecified atom stereocenters. The Labute approximate surface area is 87.0 Å². The van der Waals surface area contributed by atoms with Gasteiger partial charge in [0.15, 0.2) is 0 Å². The van der Waals surface area contributed by atoms with Crippen molar-refractivity contribution in [2.75, 3.05) is 0 Å². The van der Waals surface area contributed by atoms with Gasteiger partial charge in [-0.3, -0.25) is 4.79 Å². The molecule has 0 aromatic rings. The average Bonchev–Trinajstić information content (AvgIpc) is 2.18. The van der Waals surface area contributed by atoms with Crippen molar-refractivity contribution >= 4 is 5.97 Å². The number of esters is 1. The van der Waals surface area contributed by atoms with Crippen molar-refractivity contribution in [3.05, 3.63) is 0 Å². The summed E-state index contributed by atoms with van der Waals surface area (Å²) in [6.07, 6.45) is 6.83. The lowest BCUT2D eigenvalue weighted by atomic mass is 9.79. The lowest BCUT2D eigenvalue weighted by Crippen LogP contribution is -2.37. The third-order valence-electron chi connectivity index (χ3n) is 3.25. The van der Waals surface area contributed by atoms with E-state index in [1.54, 1.807) is 0 Å². The van der Waals surface area contributed by atoms with Gasteiger partial charge < -0.3 is 4.74 Å². The maximum Gasteiger partial charge on any atom is 0.306 e. The predicted molar refractivity (Wildman–Crippen MR) is 57.0 cm³/mol. The third kappa shape index (κ3) is 3.00. The van der Waals surface area contributed by atoms with Gasteiger partial charge >= 0.3 is 5.97 Å². The molecule has 1 saturated carbocycles. The SMILES string of the molecule is CCC(=O)OC(C)(C)C1CCCCC1. The van der Waals surface area contributed by atoms with Crippen LogP contribution in [0.2, 0.25) is 0 Å². The molecule has 0 saturated heterocycles. The fourth-order valence-corrected chi connectivity index (χ4v) is 2.25. The highest BCUT2D eigenvalue weighted by Crippen LogP contribution is 2.34. The summed E-state index contributed by atoms with van der Waals surface area (Å²) in [4.78, 5) is 11.2. The van der Waals surface area contributed by atoms with Crippen LogP contribution in [0, 0.1) is 5.92 Å². The van der Waals surface area contributed by atoms with E-state index in [1.165, 1.54) is 32.1 Å². The standard InChI is InChI=1S/C12H22O2/c1-4-11(13)14-12(2,3)10-8-6-5-7-9-10/h10H,4-9H2,1-3H3. The van der Waals surface area contributed by atoms with E-state index < -0.39 is 0 Å². The molecule has 1 rings (SSSR count). The van der Waals surface area contributed by atoms with E-state index in [1.807, 2.05) is 6.92 Å². The molecule has 0 amide bonds. The Kier molecular flexibility index (Phi) is 3.97. The lowest BCUT2D eigenvalue weighted by molar-refractivity contribution is -0.162. The van der Waals surface area contributed by atoms with Crippen LogP contribution in [0.5, 0.6) is 0 Å². The first-order chi connectivity index (χ1) is 6.56. The molecule has 14 heavy (non-hydrogen) atoms. The van der Waals surface area contributed by atoms with Crippen LogP contribution < -0.4 is 0 Å². The second-order valence-corrected chi connectivity index (χ2v) is 4.77. The molecule has 1 aliphatic rings. The summed E-state index contributed by atoms with van der Waals surface area (Å²) >= 11 is 0. The Morgan fingerprint density at radius 1 is 1.29 bits per heavy atom. The molecule has 0 spiro atoms. The highest BCUT2D eigenvalue weighted by molar-refractivity contribution is 5.69. The molecular formula is C12H22O2. The summed E-state index contributed by atoms with van der Waals surface area (Å²) < 4.78 is 5.49. The van der Waals surface area contributed by atoms with Crippen LogP contribution in [-0.2, 0) is 9.53 Å². The molecule has 0 aromatic carbocycles. The van der Waals surface area contributed by atoms with Crippen molar-refractivity contribution in [1.82, 2.24) is 0 Å². The minimum Gasteiger partial charge on any atom is -0.459 e. The molecule has 0 radical (unpaired) electrons. The van der Waals surface area contributed by atoms with Crippen LogP contribution in [0.4, 0.5) is 0 Å². The number of hydrogen-bond acceptors (Lipinski definition) is 2. The Balaban J connectivity index is 2.49. The van der Waals surface area contributed by atoms with Crippen molar-refractivity contribution in [1.29, 1.82) is 0 Å². The first-order valence-corrected chi connectivity index (χ1v) is 5.78. The summed E-state index contributed by atoms with van der Waals surface area (Å²) in [5.74, 6) is 0.493. The van der Waals surface area contributed by atoms with Crippen LogP contribution in [0.3, 0.4) is 0 Å². The van der Waals surface area contributed by atoms with Gasteiger partial charge in [0.25, 0.3) is 0 Å². The fraction of sp³-hybridized carbons (Fsp3) is 0.917. The van der Waals surface area contributed by atoms with E-state index in [2.05, 4.69) is 13.8 Å². The fourth-order valence-electron chi connectivity index (χ4n) is 2.25. The summed E-state index contributed by atoms with van der Waals surface area (Å²) in [5.41, 5.74) is -0.256. The topological polar surface area (TPSA) is 26.3 Å². The number of ether oxygens (including phenoxy) is 1. The Morgan fingerprint density at radius 2 is 1.86 bits per heavy atom. The summed E-state index contributed by atoms with van der Waals surface area (Å²) in [7, 11) is 0. The molecule has 2 nitrogen and oxygen atoms in total. The zero-order valence-electron chi connectivity index (χ0n) is 9.64. The Bertz CT molecular complexity index is 190. The number of rotatable bonds is 3. The molecule has 1 aliphatic carbocycles. The van der Waals surface area contributed by atoms with Gasteiger partial charge in [0.05, 0.1) is 0 Å². The first-order valence-electron chi connectivity index (χ1n) is 5.78. The molecule has 0 bridgehead atoms. The quantitative estimate of drug-likeness (QED) is 0.650. The number of carbonyl (C=O) groups is 1. The zero-order valence-corrected chi connectivity index (χ0v) is 9.64. The Hall–Kier alpha value is -0.530. The van der Waals surface area contributed by atoms with Gasteiger partial charge in [0.1, 0.15) is 5.60 Å². The molecule has 1 fully saturated rings. The van der Waals surface area contributed by atoms with Crippen molar-refractivity contribution in [3.63, 3.8) is 0 Å². The van der Waals surface area contributed by atoms with Gasteiger partial charge in [-0.15, -0.1) is 0 Å².